The Morgan fingerprint density at radius 1 is 0.875 bits per heavy atom. The highest BCUT2D eigenvalue weighted by atomic mass is 35.5. The molecule has 5 rings (SSSR count). The first kappa shape index (κ1) is 20.8. The van der Waals surface area contributed by atoms with Crippen LogP contribution in [0.3, 0.4) is 0 Å². The number of aromatic nitrogens is 2. The summed E-state index contributed by atoms with van der Waals surface area (Å²) >= 11 is 5.98. The van der Waals surface area contributed by atoms with Crippen LogP contribution in [-0.4, -0.2) is 71.1 Å². The molecule has 3 aromatic rings. The number of hydrogen-bond acceptors (Lipinski definition) is 4. The maximum absolute atomic E-state index is 13.1. The molecular formula is C24H26ClN5O2. The maximum Gasteiger partial charge on any atom is 0.274 e. The number of nitrogens with one attached hydrogen (secondary N) is 1. The van der Waals surface area contributed by atoms with Crippen molar-refractivity contribution in [3.63, 3.8) is 0 Å². The van der Waals surface area contributed by atoms with E-state index in [9.17, 15) is 9.59 Å². The molecule has 0 saturated carbocycles. The Bertz CT molecular complexity index is 1110. The summed E-state index contributed by atoms with van der Waals surface area (Å²) in [4.78, 5) is 32.2. The van der Waals surface area contributed by atoms with Crippen molar-refractivity contribution in [2.24, 2.45) is 5.92 Å². The highest BCUT2D eigenvalue weighted by Crippen LogP contribution is 2.25. The molecule has 0 atom stereocenters. The number of aromatic amines is 1. The standard InChI is InChI=1S/C24H26ClN5O2/c25-18-5-7-19(8-6-18)28-13-15-30(16-14-28)23(31)17-9-11-29(12-10-17)24(32)22-20-3-1-2-4-21(20)26-27-22/h1-8,17H,9-16H2,(H,26,27). The van der Waals surface area contributed by atoms with E-state index in [1.807, 2.05) is 58.3 Å². The molecule has 0 radical (unpaired) electrons. The number of rotatable bonds is 3. The van der Waals surface area contributed by atoms with E-state index in [4.69, 9.17) is 11.6 Å². The number of piperidine rings is 1. The van der Waals surface area contributed by atoms with Gasteiger partial charge in [-0.25, -0.2) is 0 Å². The van der Waals surface area contributed by atoms with Gasteiger partial charge in [0, 0.05) is 61.3 Å². The van der Waals surface area contributed by atoms with Gasteiger partial charge in [-0.15, -0.1) is 0 Å². The van der Waals surface area contributed by atoms with Gasteiger partial charge in [0.05, 0.1) is 5.52 Å². The summed E-state index contributed by atoms with van der Waals surface area (Å²) in [5.74, 6) is 0.139. The van der Waals surface area contributed by atoms with Crippen LogP contribution in [0.2, 0.25) is 5.02 Å². The van der Waals surface area contributed by atoms with Gasteiger partial charge in [0.1, 0.15) is 0 Å². The molecule has 0 unspecified atom stereocenters. The van der Waals surface area contributed by atoms with Crippen LogP contribution in [0.25, 0.3) is 10.9 Å². The zero-order valence-corrected chi connectivity index (χ0v) is 18.6. The molecule has 0 bridgehead atoms. The van der Waals surface area contributed by atoms with Gasteiger partial charge >= 0.3 is 0 Å². The normalized spacial score (nSPS) is 17.7. The van der Waals surface area contributed by atoms with Crippen molar-refractivity contribution in [2.45, 2.75) is 12.8 Å². The van der Waals surface area contributed by atoms with Crippen LogP contribution in [0.5, 0.6) is 0 Å². The summed E-state index contributed by atoms with van der Waals surface area (Å²) in [5, 5.41) is 8.73. The number of hydrogen-bond donors (Lipinski definition) is 1. The molecule has 0 spiro atoms. The SMILES string of the molecule is O=C(c1n[nH]c2ccccc12)N1CCC(C(=O)N2CCN(c3ccc(Cl)cc3)CC2)CC1. The molecule has 2 aromatic carbocycles. The molecule has 32 heavy (non-hydrogen) atoms. The van der Waals surface area contributed by atoms with Crippen molar-refractivity contribution in [3.05, 3.63) is 59.2 Å². The number of benzene rings is 2. The van der Waals surface area contributed by atoms with Gasteiger partial charge in [0.15, 0.2) is 5.69 Å². The largest absolute Gasteiger partial charge is 0.368 e. The van der Waals surface area contributed by atoms with Crippen LogP contribution in [0.1, 0.15) is 23.3 Å². The Balaban J connectivity index is 1.15. The summed E-state index contributed by atoms with van der Waals surface area (Å²) in [7, 11) is 0. The number of nitrogens with zero attached hydrogens (tertiary/aromatic N) is 4. The molecule has 3 heterocycles. The van der Waals surface area contributed by atoms with Gasteiger partial charge in [-0.1, -0.05) is 29.8 Å². The van der Waals surface area contributed by atoms with E-state index < -0.39 is 0 Å². The second-order valence-electron chi connectivity index (χ2n) is 8.47. The molecule has 2 aliphatic heterocycles. The molecule has 7 nitrogen and oxygen atoms in total. The molecule has 166 valence electrons. The minimum atomic E-state index is -0.0649. The summed E-state index contributed by atoms with van der Waals surface area (Å²) < 4.78 is 0. The van der Waals surface area contributed by atoms with E-state index >= 15 is 0 Å². The fourth-order valence-electron chi connectivity index (χ4n) is 4.70. The van der Waals surface area contributed by atoms with Crippen molar-refractivity contribution in [2.75, 3.05) is 44.2 Å². The Morgan fingerprint density at radius 3 is 2.28 bits per heavy atom. The first-order chi connectivity index (χ1) is 15.6. The number of para-hydroxylation sites is 1. The number of halogens is 1. The number of fused-ring (bicyclic) bond motifs is 1. The number of carbonyl (C=O) groups excluding carboxylic acids is 2. The molecule has 2 amide bonds. The summed E-state index contributed by atoms with van der Waals surface area (Å²) in [6, 6.07) is 15.5. The zero-order valence-electron chi connectivity index (χ0n) is 17.8. The summed E-state index contributed by atoms with van der Waals surface area (Å²) in [6.07, 6.45) is 1.40. The number of likely N-dealkylation sites (tertiary alicyclic amines) is 1. The first-order valence-electron chi connectivity index (χ1n) is 11.1. The lowest BCUT2D eigenvalue weighted by Gasteiger charge is -2.39. The first-order valence-corrected chi connectivity index (χ1v) is 11.5. The second kappa shape index (κ2) is 8.82. The fourth-order valence-corrected chi connectivity index (χ4v) is 4.83. The van der Waals surface area contributed by atoms with Crippen molar-refractivity contribution >= 4 is 40.0 Å². The predicted octanol–water partition coefficient (Wildman–Crippen LogP) is 3.42. The average Bonchev–Trinajstić information content (AvgIpc) is 3.28. The van der Waals surface area contributed by atoms with E-state index in [2.05, 4.69) is 15.1 Å². The molecule has 1 aromatic heterocycles. The number of piperazine rings is 1. The number of amides is 2. The van der Waals surface area contributed by atoms with Crippen LogP contribution in [0.4, 0.5) is 5.69 Å². The maximum atomic E-state index is 13.1. The second-order valence-corrected chi connectivity index (χ2v) is 8.91. The molecule has 0 aliphatic carbocycles. The summed E-state index contributed by atoms with van der Waals surface area (Å²) in [6.45, 7) is 4.25. The van der Waals surface area contributed by atoms with Gasteiger partial charge in [-0.3, -0.25) is 14.7 Å². The quantitative estimate of drug-likeness (QED) is 0.662. The number of anilines is 1. The predicted molar refractivity (Wildman–Crippen MR) is 125 cm³/mol. The molecule has 2 fully saturated rings. The minimum absolute atomic E-state index is 0.0166. The van der Waals surface area contributed by atoms with Gasteiger partial charge in [-0.05, 0) is 43.2 Å². The smallest absolute Gasteiger partial charge is 0.274 e. The van der Waals surface area contributed by atoms with E-state index in [0.717, 1.165) is 47.8 Å². The van der Waals surface area contributed by atoms with Crippen molar-refractivity contribution in [1.82, 2.24) is 20.0 Å². The molecule has 2 aliphatic rings. The van der Waals surface area contributed by atoms with Gasteiger partial charge in [-0.2, -0.15) is 5.10 Å². The average molecular weight is 452 g/mol. The Morgan fingerprint density at radius 2 is 1.56 bits per heavy atom. The van der Waals surface area contributed by atoms with E-state index in [-0.39, 0.29) is 17.7 Å². The lowest BCUT2D eigenvalue weighted by molar-refractivity contribution is -0.137. The van der Waals surface area contributed by atoms with Crippen LogP contribution < -0.4 is 4.90 Å². The van der Waals surface area contributed by atoms with E-state index in [0.29, 0.717) is 31.6 Å². The lowest BCUT2D eigenvalue weighted by Crippen LogP contribution is -2.52. The van der Waals surface area contributed by atoms with E-state index in [1.165, 1.54) is 0 Å². The molecule has 8 heteroatoms. The Labute approximate surface area is 191 Å². The van der Waals surface area contributed by atoms with Crippen LogP contribution in [0.15, 0.2) is 48.5 Å². The number of H-pyrrole nitrogens is 1. The van der Waals surface area contributed by atoms with Crippen LogP contribution >= 0.6 is 11.6 Å². The zero-order chi connectivity index (χ0) is 22.1. The van der Waals surface area contributed by atoms with Gasteiger partial charge in [0.2, 0.25) is 5.91 Å². The third-order valence-corrected chi connectivity index (χ3v) is 6.84. The van der Waals surface area contributed by atoms with Crippen molar-refractivity contribution in [3.8, 4) is 0 Å². The Kier molecular flexibility index (Phi) is 5.74. The fraction of sp³-hybridized carbons (Fsp3) is 0.375. The highest BCUT2D eigenvalue weighted by molar-refractivity contribution is 6.30. The van der Waals surface area contributed by atoms with Crippen molar-refractivity contribution in [1.29, 1.82) is 0 Å². The lowest BCUT2D eigenvalue weighted by atomic mass is 9.94. The van der Waals surface area contributed by atoms with Crippen LogP contribution in [0, 0.1) is 5.92 Å². The highest BCUT2D eigenvalue weighted by Gasteiger charge is 2.32. The van der Waals surface area contributed by atoms with Gasteiger partial charge in [0.25, 0.3) is 5.91 Å². The van der Waals surface area contributed by atoms with E-state index in [1.54, 1.807) is 0 Å². The Hall–Kier alpha value is -3.06. The van der Waals surface area contributed by atoms with Crippen LogP contribution in [-0.2, 0) is 4.79 Å². The number of carbonyl (C=O) groups is 2. The third kappa shape index (κ3) is 4.05. The minimum Gasteiger partial charge on any atom is -0.368 e. The monoisotopic (exact) mass is 451 g/mol. The van der Waals surface area contributed by atoms with Crippen molar-refractivity contribution < 1.29 is 9.59 Å². The summed E-state index contributed by atoms with van der Waals surface area (Å²) in [5.41, 5.74) is 2.46. The molecule has 2 saturated heterocycles. The van der Waals surface area contributed by atoms with Gasteiger partial charge < -0.3 is 14.7 Å². The third-order valence-electron chi connectivity index (χ3n) is 6.59. The molecular weight excluding hydrogens is 426 g/mol. The molecule has 1 N–H and O–H groups in total. The topological polar surface area (TPSA) is 72.5 Å².